The fraction of sp³-hybridized carbons (Fsp3) is 0.296. The van der Waals surface area contributed by atoms with Crippen LogP contribution in [-0.4, -0.2) is 21.6 Å². The maximum Gasteiger partial charge on any atom is 0.0965 e. The maximum absolute atomic E-state index is 10.1. The first-order valence-corrected chi connectivity index (χ1v) is 11.2. The van der Waals surface area contributed by atoms with Crippen LogP contribution < -0.4 is 5.32 Å². The summed E-state index contributed by atoms with van der Waals surface area (Å²) in [5.74, 6) is 0.405. The third-order valence-corrected chi connectivity index (χ3v) is 6.53. The molecular weight excluding hydrogens is 382 g/mol. The van der Waals surface area contributed by atoms with Gasteiger partial charge in [0.1, 0.15) is 0 Å². The first kappa shape index (κ1) is 19.8. The van der Waals surface area contributed by atoms with Gasteiger partial charge in [0.25, 0.3) is 0 Å². The molecule has 0 bridgehead atoms. The lowest BCUT2D eigenvalue weighted by atomic mass is 9.90. The SMILES string of the molecule is CC(Cc1ccc(NCCc2c[nH]c3ccccc23)cc1)c1ccnc2c1CCC2O. The van der Waals surface area contributed by atoms with E-state index in [9.17, 15) is 5.11 Å². The minimum absolute atomic E-state index is 0.392. The maximum atomic E-state index is 10.1. The number of H-pyrrole nitrogens is 1. The van der Waals surface area contributed by atoms with Crippen molar-refractivity contribution in [3.05, 3.63) is 94.9 Å². The lowest BCUT2D eigenvalue weighted by Gasteiger charge is -2.16. The Labute approximate surface area is 183 Å². The van der Waals surface area contributed by atoms with Gasteiger partial charge >= 0.3 is 0 Å². The van der Waals surface area contributed by atoms with Gasteiger partial charge in [0.15, 0.2) is 0 Å². The molecule has 0 radical (unpaired) electrons. The molecule has 1 aliphatic carbocycles. The number of fused-ring (bicyclic) bond motifs is 2. The molecule has 0 saturated carbocycles. The molecule has 31 heavy (non-hydrogen) atoms. The van der Waals surface area contributed by atoms with Crippen LogP contribution in [0.5, 0.6) is 0 Å². The van der Waals surface area contributed by atoms with Crippen LogP contribution >= 0.6 is 0 Å². The average molecular weight is 412 g/mol. The lowest BCUT2D eigenvalue weighted by molar-refractivity contribution is 0.176. The van der Waals surface area contributed by atoms with Crippen LogP contribution in [0, 0.1) is 0 Å². The molecule has 0 saturated heterocycles. The summed E-state index contributed by atoms with van der Waals surface area (Å²) in [6, 6.07) is 19.4. The Balaban J connectivity index is 1.19. The number of anilines is 1. The first-order chi connectivity index (χ1) is 15.2. The van der Waals surface area contributed by atoms with Gasteiger partial charge in [0, 0.05) is 35.5 Å². The normalized spacial score (nSPS) is 16.4. The number of aliphatic hydroxyl groups excluding tert-OH is 1. The Bertz CT molecular complexity index is 1180. The number of rotatable bonds is 7. The lowest BCUT2D eigenvalue weighted by Crippen LogP contribution is -2.06. The molecule has 4 aromatic rings. The molecule has 158 valence electrons. The topological polar surface area (TPSA) is 60.9 Å². The molecule has 0 amide bonds. The molecular formula is C27H29N3O. The number of benzene rings is 2. The number of hydrogen-bond acceptors (Lipinski definition) is 3. The van der Waals surface area contributed by atoms with Crippen molar-refractivity contribution in [3.63, 3.8) is 0 Å². The van der Waals surface area contributed by atoms with Gasteiger partial charge in [0.2, 0.25) is 0 Å². The number of aromatic nitrogens is 2. The third kappa shape index (κ3) is 4.08. The van der Waals surface area contributed by atoms with Gasteiger partial charge in [-0.25, -0.2) is 0 Å². The highest BCUT2D eigenvalue weighted by atomic mass is 16.3. The molecule has 2 aromatic heterocycles. The summed E-state index contributed by atoms with van der Waals surface area (Å²) in [4.78, 5) is 7.75. The van der Waals surface area contributed by atoms with E-state index in [4.69, 9.17) is 0 Å². The summed E-state index contributed by atoms with van der Waals surface area (Å²) in [7, 11) is 0. The number of aliphatic hydroxyl groups is 1. The van der Waals surface area contributed by atoms with Crippen LogP contribution in [0.2, 0.25) is 0 Å². The van der Waals surface area contributed by atoms with Crippen molar-refractivity contribution >= 4 is 16.6 Å². The predicted octanol–water partition coefficient (Wildman–Crippen LogP) is 5.54. The molecule has 4 nitrogen and oxygen atoms in total. The largest absolute Gasteiger partial charge is 0.387 e. The standard InChI is InChI=1S/C27H29N3O/c1-18(22-13-15-29-27-24(22)10-11-26(27)31)16-19-6-8-21(9-7-19)28-14-12-20-17-30-25-5-3-2-4-23(20)25/h2-9,13,15,17-18,26,28,30-31H,10-12,14,16H2,1H3. The molecule has 4 heteroatoms. The van der Waals surface area contributed by atoms with Gasteiger partial charge < -0.3 is 15.4 Å². The molecule has 2 aromatic carbocycles. The minimum Gasteiger partial charge on any atom is -0.387 e. The first-order valence-electron chi connectivity index (χ1n) is 11.2. The summed E-state index contributed by atoms with van der Waals surface area (Å²) in [6.45, 7) is 3.18. The Morgan fingerprint density at radius 3 is 2.84 bits per heavy atom. The van der Waals surface area contributed by atoms with E-state index < -0.39 is 6.10 Å². The summed E-state index contributed by atoms with van der Waals surface area (Å²) in [6.07, 6.45) is 7.28. The van der Waals surface area contributed by atoms with Crippen molar-refractivity contribution in [2.24, 2.45) is 0 Å². The number of para-hydroxylation sites is 1. The van der Waals surface area contributed by atoms with Crippen molar-refractivity contribution < 1.29 is 5.11 Å². The van der Waals surface area contributed by atoms with Gasteiger partial charge in [-0.1, -0.05) is 37.3 Å². The Morgan fingerprint density at radius 2 is 1.97 bits per heavy atom. The van der Waals surface area contributed by atoms with Gasteiger partial charge in [-0.2, -0.15) is 0 Å². The van der Waals surface area contributed by atoms with Gasteiger partial charge in [-0.15, -0.1) is 0 Å². The van der Waals surface area contributed by atoms with E-state index in [0.717, 1.165) is 43.6 Å². The zero-order chi connectivity index (χ0) is 21.2. The summed E-state index contributed by atoms with van der Waals surface area (Å²) in [5.41, 5.74) is 8.52. The zero-order valence-corrected chi connectivity index (χ0v) is 17.9. The Kier molecular flexibility index (Phi) is 5.47. The minimum atomic E-state index is -0.392. The van der Waals surface area contributed by atoms with E-state index in [1.807, 2.05) is 6.20 Å². The molecule has 2 heterocycles. The number of hydrogen-bond donors (Lipinski definition) is 3. The van der Waals surface area contributed by atoms with Crippen LogP contribution in [0.3, 0.4) is 0 Å². The molecule has 2 unspecified atom stereocenters. The second kappa shape index (κ2) is 8.56. The molecule has 5 rings (SSSR count). The van der Waals surface area contributed by atoms with E-state index in [1.165, 1.54) is 33.2 Å². The monoisotopic (exact) mass is 411 g/mol. The van der Waals surface area contributed by atoms with Gasteiger partial charge in [-0.3, -0.25) is 4.98 Å². The van der Waals surface area contributed by atoms with Gasteiger partial charge in [0.05, 0.1) is 11.8 Å². The van der Waals surface area contributed by atoms with Crippen molar-refractivity contribution in [2.75, 3.05) is 11.9 Å². The van der Waals surface area contributed by atoms with Crippen LogP contribution in [-0.2, 0) is 19.3 Å². The van der Waals surface area contributed by atoms with Gasteiger partial charge in [-0.05, 0) is 78.1 Å². The highest BCUT2D eigenvalue weighted by Gasteiger charge is 2.25. The van der Waals surface area contributed by atoms with Crippen LogP contribution in [0.15, 0.2) is 67.0 Å². The second-order valence-corrected chi connectivity index (χ2v) is 8.66. The van der Waals surface area contributed by atoms with Crippen LogP contribution in [0.25, 0.3) is 10.9 Å². The zero-order valence-electron chi connectivity index (χ0n) is 17.9. The highest BCUT2D eigenvalue weighted by molar-refractivity contribution is 5.83. The Hall–Kier alpha value is -3.11. The van der Waals surface area contributed by atoms with Crippen LogP contribution in [0.1, 0.15) is 53.3 Å². The third-order valence-electron chi connectivity index (χ3n) is 6.53. The van der Waals surface area contributed by atoms with E-state index in [-0.39, 0.29) is 0 Å². The smallest absolute Gasteiger partial charge is 0.0965 e. The van der Waals surface area contributed by atoms with Crippen molar-refractivity contribution in [3.8, 4) is 0 Å². The highest BCUT2D eigenvalue weighted by Crippen LogP contribution is 2.35. The van der Waals surface area contributed by atoms with E-state index in [1.54, 1.807) is 0 Å². The molecule has 0 spiro atoms. The van der Waals surface area contributed by atoms with Crippen molar-refractivity contribution in [2.45, 2.75) is 44.6 Å². The van der Waals surface area contributed by atoms with Crippen LogP contribution in [0.4, 0.5) is 5.69 Å². The average Bonchev–Trinajstić information content (AvgIpc) is 3.39. The summed E-state index contributed by atoms with van der Waals surface area (Å²) < 4.78 is 0. The van der Waals surface area contributed by atoms with Crippen molar-refractivity contribution in [1.82, 2.24) is 9.97 Å². The second-order valence-electron chi connectivity index (χ2n) is 8.66. The summed E-state index contributed by atoms with van der Waals surface area (Å²) >= 11 is 0. The number of pyridine rings is 1. The quantitative estimate of drug-likeness (QED) is 0.374. The van der Waals surface area contributed by atoms with E-state index in [2.05, 4.69) is 83.0 Å². The van der Waals surface area contributed by atoms with Crippen molar-refractivity contribution in [1.29, 1.82) is 0 Å². The molecule has 0 aliphatic heterocycles. The molecule has 0 fully saturated rings. The fourth-order valence-electron chi connectivity index (χ4n) is 4.87. The summed E-state index contributed by atoms with van der Waals surface area (Å²) in [5, 5.41) is 15.0. The number of aromatic amines is 1. The molecule has 1 aliphatic rings. The van der Waals surface area contributed by atoms with E-state index >= 15 is 0 Å². The number of nitrogens with one attached hydrogen (secondary N) is 2. The molecule has 3 N–H and O–H groups in total. The van der Waals surface area contributed by atoms with E-state index in [0.29, 0.717) is 5.92 Å². The molecule has 2 atom stereocenters. The Morgan fingerprint density at radius 1 is 1.13 bits per heavy atom. The fourth-order valence-corrected chi connectivity index (χ4v) is 4.87. The number of nitrogens with zero attached hydrogens (tertiary/aromatic N) is 1. The predicted molar refractivity (Wildman–Crippen MR) is 127 cm³/mol.